The lowest BCUT2D eigenvalue weighted by Crippen LogP contribution is -2.12. The van der Waals surface area contributed by atoms with E-state index in [1.165, 1.54) is 3.97 Å². The number of aryl methyl sites for hydroxylation is 2. The molecule has 0 amide bonds. The first-order valence-electron chi connectivity index (χ1n) is 9.54. The van der Waals surface area contributed by atoms with Crippen LogP contribution in [0, 0.1) is 6.92 Å². The predicted octanol–water partition coefficient (Wildman–Crippen LogP) is 4.98. The molecule has 1 heterocycles. The van der Waals surface area contributed by atoms with Crippen LogP contribution in [0.15, 0.2) is 77.8 Å². The van der Waals surface area contributed by atoms with Crippen LogP contribution < -0.4 is 0 Å². The smallest absolute Gasteiger partial charge is 0.268 e. The summed E-state index contributed by atoms with van der Waals surface area (Å²) in [6.07, 6.45) is 2.69. The van der Waals surface area contributed by atoms with E-state index >= 15 is 0 Å². The van der Waals surface area contributed by atoms with Gasteiger partial charge in [-0.15, -0.1) is 0 Å². The monoisotopic (exact) mass is 401 g/mol. The number of aromatic nitrogens is 1. The minimum Gasteiger partial charge on any atom is -0.294 e. The normalized spacial score (nSPS) is 13.8. The summed E-state index contributed by atoms with van der Waals surface area (Å²) in [6.45, 7) is 1.92. The van der Waals surface area contributed by atoms with Crippen molar-refractivity contribution in [1.82, 2.24) is 3.97 Å². The van der Waals surface area contributed by atoms with Gasteiger partial charge in [0.25, 0.3) is 10.0 Å². The van der Waals surface area contributed by atoms with Crippen LogP contribution in [0.1, 0.15) is 27.9 Å². The second-order valence-electron chi connectivity index (χ2n) is 7.44. The number of hydrogen-bond acceptors (Lipinski definition) is 3. The Hall–Kier alpha value is -3.18. The molecule has 1 aliphatic rings. The molecule has 5 heteroatoms. The lowest BCUT2D eigenvalue weighted by Gasteiger charge is -2.13. The van der Waals surface area contributed by atoms with Gasteiger partial charge in [-0.2, -0.15) is 0 Å². The molecule has 0 saturated carbocycles. The van der Waals surface area contributed by atoms with E-state index in [2.05, 4.69) is 0 Å². The molecule has 0 fully saturated rings. The van der Waals surface area contributed by atoms with Crippen molar-refractivity contribution in [3.8, 4) is 11.1 Å². The molecule has 144 valence electrons. The lowest BCUT2D eigenvalue weighted by atomic mass is 9.93. The number of Topliss-reactive ketones (excluding diaryl/α,β-unsaturated/α-hetero) is 1. The second-order valence-corrected chi connectivity index (χ2v) is 9.25. The van der Waals surface area contributed by atoms with E-state index < -0.39 is 10.0 Å². The zero-order chi connectivity index (χ0) is 20.2. The summed E-state index contributed by atoms with van der Waals surface area (Å²) < 4.78 is 28.0. The van der Waals surface area contributed by atoms with Crippen molar-refractivity contribution in [1.29, 1.82) is 0 Å². The summed E-state index contributed by atoms with van der Waals surface area (Å²) in [7, 11) is -3.74. The summed E-state index contributed by atoms with van der Waals surface area (Å²) in [5.74, 6) is 0.120. The van der Waals surface area contributed by atoms with E-state index in [1.54, 1.807) is 36.5 Å². The van der Waals surface area contributed by atoms with Gasteiger partial charge in [0.1, 0.15) is 0 Å². The van der Waals surface area contributed by atoms with Crippen LogP contribution >= 0.6 is 0 Å². The van der Waals surface area contributed by atoms with Crippen LogP contribution in [0.25, 0.3) is 22.0 Å². The minimum absolute atomic E-state index is 0.120. The van der Waals surface area contributed by atoms with E-state index in [1.807, 2.05) is 43.3 Å². The zero-order valence-electron chi connectivity index (χ0n) is 15.9. The first-order valence-corrected chi connectivity index (χ1v) is 11.0. The van der Waals surface area contributed by atoms with Gasteiger partial charge in [0.05, 0.1) is 10.4 Å². The van der Waals surface area contributed by atoms with Gasteiger partial charge in [0.15, 0.2) is 5.78 Å². The Balaban J connectivity index is 1.82. The summed E-state index contributed by atoms with van der Waals surface area (Å²) in [4.78, 5) is 12.9. The van der Waals surface area contributed by atoms with Gasteiger partial charge in [0, 0.05) is 29.1 Å². The fourth-order valence-electron chi connectivity index (χ4n) is 4.14. The molecule has 3 aromatic carbocycles. The van der Waals surface area contributed by atoms with Gasteiger partial charge < -0.3 is 0 Å². The summed E-state index contributed by atoms with van der Waals surface area (Å²) in [6, 6.07) is 20.2. The quantitative estimate of drug-likeness (QED) is 0.486. The Morgan fingerprint density at radius 2 is 1.59 bits per heavy atom. The maximum absolute atomic E-state index is 13.3. The van der Waals surface area contributed by atoms with Gasteiger partial charge >= 0.3 is 0 Å². The molecule has 0 spiro atoms. The third-order valence-electron chi connectivity index (χ3n) is 5.58. The lowest BCUT2D eigenvalue weighted by molar-refractivity contribution is 0.0995. The molecule has 1 aromatic heterocycles. The molecule has 0 atom stereocenters. The highest BCUT2D eigenvalue weighted by Crippen LogP contribution is 2.40. The molecule has 4 nitrogen and oxygen atoms in total. The number of nitrogens with zero attached hydrogens (tertiary/aromatic N) is 1. The van der Waals surface area contributed by atoms with E-state index in [0.29, 0.717) is 18.4 Å². The second kappa shape index (κ2) is 6.42. The zero-order valence-corrected chi connectivity index (χ0v) is 16.7. The maximum atomic E-state index is 13.3. The first-order chi connectivity index (χ1) is 14.0. The third kappa shape index (κ3) is 2.73. The van der Waals surface area contributed by atoms with E-state index in [9.17, 15) is 13.2 Å². The van der Waals surface area contributed by atoms with Crippen LogP contribution in [0.2, 0.25) is 0 Å². The van der Waals surface area contributed by atoms with Crippen molar-refractivity contribution in [3.63, 3.8) is 0 Å². The van der Waals surface area contributed by atoms with E-state index in [4.69, 9.17) is 0 Å². The molecule has 4 aromatic rings. The standard InChI is InChI=1S/C24H19NO3S/c1-16-7-10-19(11-8-16)29(27,28)25-14-13-20-21(25)15-18-9-12-22(26)24(18)23(20)17-5-3-2-4-6-17/h2-8,10-11,13-15H,9,12H2,1H3. The van der Waals surface area contributed by atoms with Gasteiger partial charge in [-0.1, -0.05) is 48.0 Å². The number of carbonyl (C=O) groups is 1. The molecular weight excluding hydrogens is 382 g/mol. The van der Waals surface area contributed by atoms with Crippen molar-refractivity contribution < 1.29 is 13.2 Å². The molecule has 0 bridgehead atoms. The molecule has 0 N–H and O–H groups in total. The summed E-state index contributed by atoms with van der Waals surface area (Å²) in [5.41, 5.74) is 5.02. The van der Waals surface area contributed by atoms with Crippen molar-refractivity contribution in [3.05, 3.63) is 89.6 Å². The Morgan fingerprint density at radius 1 is 0.862 bits per heavy atom. The van der Waals surface area contributed by atoms with Gasteiger partial charge in [-0.3, -0.25) is 4.79 Å². The highest BCUT2D eigenvalue weighted by atomic mass is 32.2. The number of carbonyl (C=O) groups excluding carboxylic acids is 1. The van der Waals surface area contributed by atoms with Crippen molar-refractivity contribution in [2.24, 2.45) is 0 Å². The Labute approximate surface area is 169 Å². The fourth-order valence-corrected chi connectivity index (χ4v) is 5.48. The Morgan fingerprint density at radius 3 is 2.31 bits per heavy atom. The van der Waals surface area contributed by atoms with Crippen LogP contribution in [-0.4, -0.2) is 18.2 Å². The van der Waals surface area contributed by atoms with Crippen LogP contribution in [0.5, 0.6) is 0 Å². The largest absolute Gasteiger partial charge is 0.294 e. The molecule has 0 unspecified atom stereocenters. The number of ketones is 1. The molecular formula is C24H19NO3S. The van der Waals surface area contributed by atoms with Crippen LogP contribution in [0.4, 0.5) is 0 Å². The van der Waals surface area contributed by atoms with E-state index in [-0.39, 0.29) is 10.7 Å². The first kappa shape index (κ1) is 17.9. The van der Waals surface area contributed by atoms with E-state index in [0.717, 1.165) is 33.2 Å². The highest BCUT2D eigenvalue weighted by molar-refractivity contribution is 7.90. The topological polar surface area (TPSA) is 56.1 Å². The molecule has 0 radical (unpaired) electrons. The average molecular weight is 401 g/mol. The molecule has 29 heavy (non-hydrogen) atoms. The number of hydrogen-bond donors (Lipinski definition) is 0. The SMILES string of the molecule is Cc1ccc(S(=O)(=O)n2ccc3c(-c4ccccc4)c4c(cc32)CCC4=O)cc1. The highest BCUT2D eigenvalue weighted by Gasteiger charge is 2.28. The molecule has 5 rings (SSSR count). The molecule has 0 aliphatic heterocycles. The average Bonchev–Trinajstić information content (AvgIpc) is 3.31. The van der Waals surface area contributed by atoms with Crippen LogP contribution in [-0.2, 0) is 16.4 Å². The van der Waals surface area contributed by atoms with Crippen LogP contribution in [0.3, 0.4) is 0 Å². The Kier molecular flexibility index (Phi) is 3.96. The summed E-state index contributed by atoms with van der Waals surface area (Å²) in [5, 5.41) is 0.779. The number of benzene rings is 3. The number of fused-ring (bicyclic) bond motifs is 2. The minimum atomic E-state index is -3.74. The van der Waals surface area contributed by atoms with Crippen molar-refractivity contribution in [2.45, 2.75) is 24.7 Å². The summed E-state index contributed by atoms with van der Waals surface area (Å²) >= 11 is 0. The fraction of sp³-hybridized carbons (Fsp3) is 0.125. The molecule has 1 aliphatic carbocycles. The van der Waals surface area contributed by atoms with Gasteiger partial charge in [0.2, 0.25) is 0 Å². The van der Waals surface area contributed by atoms with Gasteiger partial charge in [-0.05, 0) is 48.7 Å². The van der Waals surface area contributed by atoms with Crippen molar-refractivity contribution in [2.75, 3.05) is 0 Å². The maximum Gasteiger partial charge on any atom is 0.268 e. The van der Waals surface area contributed by atoms with Crippen molar-refractivity contribution >= 4 is 26.7 Å². The van der Waals surface area contributed by atoms with Gasteiger partial charge in [-0.25, -0.2) is 12.4 Å². The predicted molar refractivity (Wildman–Crippen MR) is 114 cm³/mol. The molecule has 0 saturated heterocycles. The number of rotatable bonds is 3. The Bertz CT molecular complexity index is 1370. The third-order valence-corrected chi connectivity index (χ3v) is 7.29.